The molecule has 1 saturated heterocycles. The van der Waals surface area contributed by atoms with E-state index < -0.39 is 0 Å². The number of pyridine rings is 1. The number of aryl methyl sites for hydroxylation is 2. The topological polar surface area (TPSA) is 109 Å². The molecule has 4 heterocycles. The van der Waals surface area contributed by atoms with Gasteiger partial charge in [0.1, 0.15) is 21.3 Å². The van der Waals surface area contributed by atoms with Gasteiger partial charge in [0.25, 0.3) is 5.91 Å². The van der Waals surface area contributed by atoms with E-state index in [2.05, 4.69) is 38.5 Å². The Balaban J connectivity index is 1.26. The number of fused-ring (bicyclic) bond motifs is 2. The number of nitrogens with zero attached hydrogens (tertiary/aromatic N) is 4. The van der Waals surface area contributed by atoms with Crippen LogP contribution in [-0.2, 0) is 12.8 Å². The molecule has 0 aromatic carbocycles. The van der Waals surface area contributed by atoms with Crippen molar-refractivity contribution in [1.29, 1.82) is 0 Å². The second-order valence-electron chi connectivity index (χ2n) is 9.15. The van der Waals surface area contributed by atoms with Gasteiger partial charge in [-0.2, -0.15) is 0 Å². The van der Waals surface area contributed by atoms with Crippen LogP contribution < -0.4 is 21.3 Å². The first-order chi connectivity index (χ1) is 16.5. The van der Waals surface area contributed by atoms with Crippen molar-refractivity contribution in [2.75, 3.05) is 36.9 Å². The highest BCUT2D eigenvalue weighted by Crippen LogP contribution is 2.32. The normalized spacial score (nSPS) is 22.2. The zero-order valence-corrected chi connectivity index (χ0v) is 20.3. The number of anilines is 2. The summed E-state index contributed by atoms with van der Waals surface area (Å²) < 4.78 is 13.5. The lowest BCUT2D eigenvalue weighted by Crippen LogP contribution is -2.39. The minimum atomic E-state index is -0.322. The first-order valence-corrected chi connectivity index (χ1v) is 12.6. The van der Waals surface area contributed by atoms with Crippen molar-refractivity contribution in [3.8, 4) is 0 Å². The van der Waals surface area contributed by atoms with E-state index in [1.165, 1.54) is 11.3 Å². The molecule has 0 radical (unpaired) electrons. The molecule has 1 fully saturated rings. The third-order valence-electron chi connectivity index (χ3n) is 6.83. The summed E-state index contributed by atoms with van der Waals surface area (Å²) in [5.74, 6) is 1.39. The van der Waals surface area contributed by atoms with Crippen LogP contribution in [0.5, 0.6) is 0 Å². The van der Waals surface area contributed by atoms with Gasteiger partial charge in [-0.25, -0.2) is 15.0 Å². The Morgan fingerprint density at radius 1 is 1.32 bits per heavy atom. The van der Waals surface area contributed by atoms with E-state index in [0.717, 1.165) is 59.6 Å². The monoisotopic (exact) mass is 483 g/mol. The molecule has 1 aliphatic heterocycles. The predicted octanol–water partition coefficient (Wildman–Crippen LogP) is 2.65. The number of likely N-dealkylation sites (N-methyl/N-ethyl adjacent to an activating group) is 1. The van der Waals surface area contributed by atoms with Crippen molar-refractivity contribution in [3.05, 3.63) is 40.3 Å². The quantitative estimate of drug-likeness (QED) is 0.495. The maximum Gasteiger partial charge on any atom is 0.263 e. The molecule has 4 N–H and O–H groups in total. The molecule has 3 atom stereocenters. The fourth-order valence-electron chi connectivity index (χ4n) is 5.01. The van der Waals surface area contributed by atoms with Crippen LogP contribution in [0, 0.1) is 12.8 Å². The number of carbonyl (C=O) groups is 1. The number of nitrogens with one attached hydrogen (secondary N) is 2. The standard InChI is InChI=1S/C24H30FN7OS/c1-3-27-19-12-32(11-15(19)9-25)20-7-4-14-8-16(5-6-18(14)31-20)30-23(33)22-21(26)17-10-28-13(2)29-24(17)34-22/h4,7,10,15-16,19,27H,3,5-6,8-9,11-12,26H2,1-2H3,(H,30,33). The summed E-state index contributed by atoms with van der Waals surface area (Å²) in [6, 6.07) is 4.31. The molecule has 180 valence electrons. The van der Waals surface area contributed by atoms with Gasteiger partial charge in [0.05, 0.1) is 17.7 Å². The lowest BCUT2D eigenvalue weighted by molar-refractivity contribution is 0.0938. The number of thiophene rings is 1. The molecule has 2 aliphatic rings. The molecule has 3 aromatic heterocycles. The Hall–Kier alpha value is -2.85. The molecule has 34 heavy (non-hydrogen) atoms. The Labute approximate surface area is 202 Å². The largest absolute Gasteiger partial charge is 0.397 e. The van der Waals surface area contributed by atoms with E-state index in [1.807, 2.05) is 13.0 Å². The van der Waals surface area contributed by atoms with Gasteiger partial charge in [-0.05, 0) is 44.4 Å². The highest BCUT2D eigenvalue weighted by atomic mass is 32.1. The molecule has 3 unspecified atom stereocenters. The van der Waals surface area contributed by atoms with Crippen LogP contribution in [0.2, 0.25) is 0 Å². The van der Waals surface area contributed by atoms with E-state index in [1.54, 1.807) is 6.20 Å². The average molecular weight is 484 g/mol. The zero-order valence-electron chi connectivity index (χ0n) is 19.5. The van der Waals surface area contributed by atoms with E-state index in [0.29, 0.717) is 22.9 Å². The molecule has 5 rings (SSSR count). The maximum atomic E-state index is 13.5. The minimum absolute atomic E-state index is 0.00592. The Morgan fingerprint density at radius 2 is 2.18 bits per heavy atom. The van der Waals surface area contributed by atoms with Crippen molar-refractivity contribution >= 4 is 39.0 Å². The maximum absolute atomic E-state index is 13.5. The van der Waals surface area contributed by atoms with E-state index >= 15 is 0 Å². The van der Waals surface area contributed by atoms with Crippen molar-refractivity contribution in [2.45, 2.75) is 45.2 Å². The summed E-state index contributed by atoms with van der Waals surface area (Å²) in [4.78, 5) is 29.9. The summed E-state index contributed by atoms with van der Waals surface area (Å²) in [6.45, 7) is 5.83. The molecule has 0 spiro atoms. The highest BCUT2D eigenvalue weighted by Gasteiger charge is 2.33. The molecule has 0 saturated carbocycles. The first-order valence-electron chi connectivity index (χ1n) is 11.8. The van der Waals surface area contributed by atoms with Crippen LogP contribution in [0.1, 0.15) is 40.1 Å². The fraction of sp³-hybridized carbons (Fsp3) is 0.500. The first kappa shape index (κ1) is 22.9. The van der Waals surface area contributed by atoms with Crippen molar-refractivity contribution in [2.24, 2.45) is 5.92 Å². The number of aromatic nitrogens is 3. The molecule has 8 nitrogen and oxygen atoms in total. The van der Waals surface area contributed by atoms with Crippen molar-refractivity contribution < 1.29 is 9.18 Å². The predicted molar refractivity (Wildman–Crippen MR) is 133 cm³/mol. The number of amides is 1. The van der Waals surface area contributed by atoms with E-state index in [4.69, 9.17) is 10.7 Å². The van der Waals surface area contributed by atoms with Crippen LogP contribution in [0.15, 0.2) is 18.3 Å². The second kappa shape index (κ2) is 9.42. The van der Waals surface area contributed by atoms with Gasteiger partial charge >= 0.3 is 0 Å². The number of nitrogens with two attached hydrogens (primary N) is 1. The zero-order chi connectivity index (χ0) is 23.8. The molecule has 3 aromatic rings. The number of nitrogen functional groups attached to an aromatic ring is 1. The number of hydrogen-bond donors (Lipinski definition) is 3. The molecule has 10 heteroatoms. The van der Waals surface area contributed by atoms with Gasteiger partial charge < -0.3 is 21.3 Å². The lowest BCUT2D eigenvalue weighted by Gasteiger charge is -2.26. The van der Waals surface area contributed by atoms with Crippen LogP contribution >= 0.6 is 11.3 Å². The summed E-state index contributed by atoms with van der Waals surface area (Å²) in [6.07, 6.45) is 4.01. The van der Waals surface area contributed by atoms with Gasteiger partial charge in [0.2, 0.25) is 0 Å². The second-order valence-corrected chi connectivity index (χ2v) is 10.2. The van der Waals surface area contributed by atoms with Crippen molar-refractivity contribution in [1.82, 2.24) is 25.6 Å². The third-order valence-corrected chi connectivity index (χ3v) is 7.94. The Morgan fingerprint density at radius 3 is 2.97 bits per heavy atom. The SMILES string of the molecule is CCNC1CN(c2ccc3c(n2)CCC(NC(=O)c2sc4nc(C)ncc4c2N)C3)CC1CF. The number of hydrogen-bond acceptors (Lipinski definition) is 8. The van der Waals surface area contributed by atoms with Gasteiger partial charge in [-0.3, -0.25) is 9.18 Å². The van der Waals surface area contributed by atoms with E-state index in [-0.39, 0.29) is 30.6 Å². The van der Waals surface area contributed by atoms with Gasteiger partial charge in [0, 0.05) is 43.0 Å². The van der Waals surface area contributed by atoms with Crippen LogP contribution in [0.4, 0.5) is 15.9 Å². The average Bonchev–Trinajstić information content (AvgIpc) is 3.39. The van der Waals surface area contributed by atoms with Gasteiger partial charge in [-0.15, -0.1) is 11.3 Å². The lowest BCUT2D eigenvalue weighted by atomic mass is 9.91. The fourth-order valence-corrected chi connectivity index (χ4v) is 6.03. The highest BCUT2D eigenvalue weighted by molar-refractivity contribution is 7.21. The number of halogens is 1. The number of alkyl halides is 1. The molecule has 0 bridgehead atoms. The van der Waals surface area contributed by atoms with Gasteiger partial charge in [0.15, 0.2) is 0 Å². The van der Waals surface area contributed by atoms with Gasteiger partial charge in [-0.1, -0.05) is 13.0 Å². The van der Waals surface area contributed by atoms with Crippen LogP contribution in [-0.4, -0.2) is 59.3 Å². The molecule has 1 aliphatic carbocycles. The Bertz CT molecular complexity index is 1220. The van der Waals surface area contributed by atoms with Crippen molar-refractivity contribution in [3.63, 3.8) is 0 Å². The number of rotatable bonds is 6. The number of carbonyl (C=O) groups excluding carboxylic acids is 1. The molecule has 1 amide bonds. The molecular formula is C24H30FN7OS. The summed E-state index contributed by atoms with van der Waals surface area (Å²) in [5.41, 5.74) is 8.88. The van der Waals surface area contributed by atoms with E-state index in [9.17, 15) is 9.18 Å². The van der Waals surface area contributed by atoms with Crippen LogP contribution in [0.3, 0.4) is 0 Å². The summed E-state index contributed by atoms with van der Waals surface area (Å²) in [7, 11) is 0. The summed E-state index contributed by atoms with van der Waals surface area (Å²) in [5, 5.41) is 7.27. The minimum Gasteiger partial charge on any atom is -0.397 e. The van der Waals surface area contributed by atoms with Crippen LogP contribution in [0.25, 0.3) is 10.2 Å². The smallest absolute Gasteiger partial charge is 0.263 e. The molecular weight excluding hydrogens is 453 g/mol. The Kier molecular flexibility index (Phi) is 6.35. The summed E-state index contributed by atoms with van der Waals surface area (Å²) >= 11 is 1.30. The third kappa shape index (κ3) is 4.32.